The van der Waals surface area contributed by atoms with Crippen molar-refractivity contribution in [3.8, 4) is 0 Å². The Balaban J connectivity index is 2.29. The fourth-order valence-electron chi connectivity index (χ4n) is 2.29. The second-order valence-electron chi connectivity index (χ2n) is 4.51. The van der Waals surface area contributed by atoms with Crippen LogP contribution in [0, 0.1) is 5.82 Å². The van der Waals surface area contributed by atoms with E-state index in [1.165, 1.54) is 25.3 Å². The summed E-state index contributed by atoms with van der Waals surface area (Å²) in [7, 11) is 0. The van der Waals surface area contributed by atoms with Crippen LogP contribution in [0.15, 0.2) is 27.7 Å². The predicted octanol–water partition coefficient (Wildman–Crippen LogP) is 3.13. The smallest absolute Gasteiger partial charge is 0.146 e. The number of nitrogens with two attached hydrogens (primary N) is 1. The van der Waals surface area contributed by atoms with Crippen LogP contribution in [-0.4, -0.2) is 11.9 Å². The number of benzene rings is 1. The van der Waals surface area contributed by atoms with E-state index in [1.807, 2.05) is 0 Å². The summed E-state index contributed by atoms with van der Waals surface area (Å²) in [6.45, 7) is 0. The fourth-order valence-corrected chi connectivity index (χ4v) is 2.82. The summed E-state index contributed by atoms with van der Waals surface area (Å²) >= 11 is 3.34. The Morgan fingerprint density at radius 1 is 1.33 bits per heavy atom. The molecule has 98 valence electrons. The van der Waals surface area contributed by atoms with E-state index in [2.05, 4.69) is 26.3 Å². The van der Waals surface area contributed by atoms with Crippen LogP contribution in [0.5, 0.6) is 0 Å². The molecule has 3 nitrogen and oxygen atoms in total. The normalized spacial score (nSPS) is 17.8. The monoisotopic (exact) mass is 313 g/mol. The van der Waals surface area contributed by atoms with Crippen LogP contribution in [0.3, 0.4) is 0 Å². The lowest BCUT2D eigenvalue weighted by Gasteiger charge is -2.19. The quantitative estimate of drug-likeness (QED) is 0.381. The maximum absolute atomic E-state index is 13.8. The Kier molecular flexibility index (Phi) is 4.72. The van der Waals surface area contributed by atoms with E-state index in [0.29, 0.717) is 15.9 Å². The van der Waals surface area contributed by atoms with E-state index in [0.717, 1.165) is 12.8 Å². The lowest BCUT2D eigenvalue weighted by molar-refractivity contribution is 0.442. The Morgan fingerprint density at radius 2 is 2.06 bits per heavy atom. The van der Waals surface area contributed by atoms with Crippen molar-refractivity contribution in [2.24, 2.45) is 10.8 Å². The molecule has 1 aromatic carbocycles. The van der Waals surface area contributed by atoms with Gasteiger partial charge in [-0.1, -0.05) is 25.3 Å². The van der Waals surface area contributed by atoms with Crippen molar-refractivity contribution < 1.29 is 4.39 Å². The number of halogens is 2. The van der Waals surface area contributed by atoms with E-state index < -0.39 is 0 Å². The molecule has 0 radical (unpaired) electrons. The van der Waals surface area contributed by atoms with Crippen molar-refractivity contribution in [1.82, 2.24) is 5.43 Å². The number of rotatable bonds is 2. The molecule has 0 aromatic heterocycles. The molecule has 0 bridgehead atoms. The summed E-state index contributed by atoms with van der Waals surface area (Å²) < 4.78 is 14.5. The topological polar surface area (TPSA) is 50.4 Å². The molecular formula is C13H17BrFN3. The molecule has 3 N–H and O–H groups in total. The standard InChI is InChI=1S/C13H17BrFN3/c14-10-7-4-8-11(15)12(10)13(18-16)17-9-5-2-1-3-6-9/h4,7-9H,1-3,5-6,16H2,(H,17,18). The molecular weight excluding hydrogens is 297 g/mol. The highest BCUT2D eigenvalue weighted by Crippen LogP contribution is 2.23. The van der Waals surface area contributed by atoms with Crippen LogP contribution in [0.1, 0.15) is 37.7 Å². The SMILES string of the molecule is NNC(=NC1CCCCC1)c1c(F)cccc1Br. The maximum Gasteiger partial charge on any atom is 0.146 e. The molecule has 0 heterocycles. The molecule has 0 saturated heterocycles. The Labute approximate surface area is 115 Å². The molecule has 1 aromatic rings. The van der Waals surface area contributed by atoms with Crippen LogP contribution in [0.25, 0.3) is 0 Å². The van der Waals surface area contributed by atoms with Crippen molar-refractivity contribution in [2.75, 3.05) is 0 Å². The highest BCUT2D eigenvalue weighted by atomic mass is 79.9. The van der Waals surface area contributed by atoms with Gasteiger partial charge < -0.3 is 5.43 Å². The van der Waals surface area contributed by atoms with Gasteiger partial charge in [0.05, 0.1) is 11.6 Å². The van der Waals surface area contributed by atoms with Gasteiger partial charge >= 0.3 is 0 Å². The number of hydrazine groups is 1. The van der Waals surface area contributed by atoms with Gasteiger partial charge in [0, 0.05) is 4.47 Å². The summed E-state index contributed by atoms with van der Waals surface area (Å²) in [5.41, 5.74) is 2.94. The van der Waals surface area contributed by atoms with Gasteiger partial charge in [-0.3, -0.25) is 4.99 Å². The first-order valence-electron chi connectivity index (χ1n) is 6.21. The third kappa shape index (κ3) is 3.09. The summed E-state index contributed by atoms with van der Waals surface area (Å²) in [6, 6.07) is 5.09. The van der Waals surface area contributed by atoms with Crippen LogP contribution in [0.4, 0.5) is 4.39 Å². The Hall–Kier alpha value is -0.940. The summed E-state index contributed by atoms with van der Waals surface area (Å²) in [6.07, 6.45) is 5.74. The number of hydrogen-bond donors (Lipinski definition) is 2. The van der Waals surface area contributed by atoms with Crippen molar-refractivity contribution >= 4 is 21.8 Å². The van der Waals surface area contributed by atoms with Gasteiger partial charge in [0.25, 0.3) is 0 Å². The molecule has 5 heteroatoms. The Bertz CT molecular complexity index is 422. The molecule has 1 aliphatic rings. The summed E-state index contributed by atoms with van der Waals surface area (Å²) in [5, 5.41) is 0. The highest BCUT2D eigenvalue weighted by molar-refractivity contribution is 9.10. The van der Waals surface area contributed by atoms with Crippen LogP contribution in [0.2, 0.25) is 0 Å². The highest BCUT2D eigenvalue weighted by Gasteiger charge is 2.17. The van der Waals surface area contributed by atoms with Crippen molar-refractivity contribution in [2.45, 2.75) is 38.1 Å². The van der Waals surface area contributed by atoms with E-state index in [4.69, 9.17) is 5.84 Å². The minimum Gasteiger partial charge on any atom is -0.308 e. The maximum atomic E-state index is 13.8. The van der Waals surface area contributed by atoms with E-state index in [-0.39, 0.29) is 11.9 Å². The Morgan fingerprint density at radius 3 is 2.67 bits per heavy atom. The molecule has 0 unspecified atom stereocenters. The second kappa shape index (κ2) is 6.29. The molecule has 0 amide bonds. The average molecular weight is 314 g/mol. The number of aliphatic imine (C=N–C) groups is 1. The van der Waals surface area contributed by atoms with Crippen molar-refractivity contribution in [3.63, 3.8) is 0 Å². The van der Waals surface area contributed by atoms with Crippen LogP contribution >= 0.6 is 15.9 Å². The minimum absolute atomic E-state index is 0.247. The number of nitrogens with one attached hydrogen (secondary N) is 1. The lowest BCUT2D eigenvalue weighted by atomic mass is 9.96. The second-order valence-corrected chi connectivity index (χ2v) is 5.36. The van der Waals surface area contributed by atoms with Gasteiger partial charge in [0.15, 0.2) is 0 Å². The first-order valence-corrected chi connectivity index (χ1v) is 7.00. The molecule has 2 rings (SSSR count). The zero-order chi connectivity index (χ0) is 13.0. The van der Waals surface area contributed by atoms with Crippen molar-refractivity contribution in [3.05, 3.63) is 34.1 Å². The number of hydrogen-bond acceptors (Lipinski definition) is 2. The van der Waals surface area contributed by atoms with Gasteiger partial charge in [-0.2, -0.15) is 0 Å². The minimum atomic E-state index is -0.322. The molecule has 0 aliphatic heterocycles. The van der Waals surface area contributed by atoms with Gasteiger partial charge in [-0.05, 0) is 40.9 Å². The van der Waals surface area contributed by atoms with Gasteiger partial charge in [-0.25, -0.2) is 10.2 Å². The average Bonchev–Trinajstić information content (AvgIpc) is 2.38. The van der Waals surface area contributed by atoms with Crippen LogP contribution < -0.4 is 11.3 Å². The first-order chi connectivity index (χ1) is 8.72. The number of nitrogens with zero attached hydrogens (tertiary/aromatic N) is 1. The molecule has 1 aliphatic carbocycles. The zero-order valence-corrected chi connectivity index (χ0v) is 11.7. The fraction of sp³-hybridized carbons (Fsp3) is 0.462. The van der Waals surface area contributed by atoms with Gasteiger partial charge in [0.2, 0.25) is 0 Å². The van der Waals surface area contributed by atoms with E-state index in [1.54, 1.807) is 12.1 Å². The third-order valence-corrected chi connectivity index (χ3v) is 3.88. The molecule has 18 heavy (non-hydrogen) atoms. The van der Waals surface area contributed by atoms with E-state index >= 15 is 0 Å². The molecule has 0 atom stereocenters. The molecule has 1 fully saturated rings. The summed E-state index contributed by atoms with van der Waals surface area (Å²) in [4.78, 5) is 4.56. The predicted molar refractivity (Wildman–Crippen MR) is 74.8 cm³/mol. The first kappa shape index (κ1) is 13.5. The molecule has 1 saturated carbocycles. The lowest BCUT2D eigenvalue weighted by Crippen LogP contribution is -2.33. The zero-order valence-electron chi connectivity index (χ0n) is 10.1. The van der Waals surface area contributed by atoms with Gasteiger partial charge in [0.1, 0.15) is 11.7 Å². The van der Waals surface area contributed by atoms with Crippen LogP contribution in [-0.2, 0) is 0 Å². The largest absolute Gasteiger partial charge is 0.308 e. The van der Waals surface area contributed by atoms with Crippen molar-refractivity contribution in [1.29, 1.82) is 0 Å². The summed E-state index contributed by atoms with van der Waals surface area (Å²) in [5.74, 6) is 5.59. The molecule has 0 spiro atoms. The van der Waals surface area contributed by atoms with E-state index in [9.17, 15) is 4.39 Å². The number of amidine groups is 1. The third-order valence-electron chi connectivity index (χ3n) is 3.22. The van der Waals surface area contributed by atoms with Gasteiger partial charge in [-0.15, -0.1) is 0 Å².